The van der Waals surface area contributed by atoms with Crippen LogP contribution in [-0.4, -0.2) is 35.7 Å². The molecule has 5 heteroatoms. The van der Waals surface area contributed by atoms with E-state index in [2.05, 4.69) is 52.1 Å². The molecule has 0 aromatic heterocycles. The molecule has 2 saturated heterocycles. The van der Waals surface area contributed by atoms with Crippen molar-refractivity contribution in [1.82, 2.24) is 5.32 Å². The van der Waals surface area contributed by atoms with Gasteiger partial charge in [0.25, 0.3) is 5.91 Å². The summed E-state index contributed by atoms with van der Waals surface area (Å²) in [6.07, 6.45) is 10.4. The van der Waals surface area contributed by atoms with Crippen LogP contribution in [0.1, 0.15) is 53.9 Å². The van der Waals surface area contributed by atoms with Crippen molar-refractivity contribution >= 4 is 11.9 Å². The second-order valence-corrected chi connectivity index (χ2v) is 9.72. The number of allylic oxidation sites excluding steroid dienone is 2. The molecule has 3 aliphatic heterocycles. The summed E-state index contributed by atoms with van der Waals surface area (Å²) in [6, 6.07) is -0.00168. The molecule has 4 aliphatic rings. The maximum Gasteiger partial charge on any atom is 0.331 e. The molecule has 1 aliphatic carbocycles. The number of fused-ring (bicyclic) bond motifs is 1. The molecule has 0 aromatic rings. The largest absolute Gasteiger partial charge is 0.444 e. The van der Waals surface area contributed by atoms with Gasteiger partial charge < -0.3 is 14.8 Å². The quantitative estimate of drug-likeness (QED) is 0.437. The summed E-state index contributed by atoms with van der Waals surface area (Å²) < 4.78 is 11.7. The number of esters is 1. The Morgan fingerprint density at radius 2 is 2.00 bits per heavy atom. The Labute approximate surface area is 173 Å². The van der Waals surface area contributed by atoms with Crippen LogP contribution in [0.2, 0.25) is 0 Å². The fraction of sp³-hybridized carbons (Fsp3) is 0.667. The van der Waals surface area contributed by atoms with Crippen molar-refractivity contribution in [1.29, 1.82) is 0 Å². The van der Waals surface area contributed by atoms with Gasteiger partial charge in [-0.3, -0.25) is 4.79 Å². The van der Waals surface area contributed by atoms with Crippen molar-refractivity contribution in [2.75, 3.05) is 0 Å². The molecule has 29 heavy (non-hydrogen) atoms. The first-order valence-electron chi connectivity index (χ1n) is 11.0. The highest BCUT2D eigenvalue weighted by molar-refractivity contribution is 5.94. The third-order valence-electron chi connectivity index (χ3n) is 7.12. The van der Waals surface area contributed by atoms with Gasteiger partial charge in [-0.25, -0.2) is 4.79 Å². The zero-order valence-corrected chi connectivity index (χ0v) is 18.1. The molecule has 0 unspecified atom stereocenters. The average Bonchev–Trinajstić information content (AvgIpc) is 3.33. The van der Waals surface area contributed by atoms with Crippen LogP contribution in [0.5, 0.6) is 0 Å². The Balaban J connectivity index is 1.81. The lowest BCUT2D eigenvalue weighted by atomic mass is 9.63. The molecular formula is C24H33NO4. The van der Waals surface area contributed by atoms with Crippen LogP contribution in [0.25, 0.3) is 0 Å². The van der Waals surface area contributed by atoms with E-state index in [9.17, 15) is 9.59 Å². The van der Waals surface area contributed by atoms with E-state index in [0.29, 0.717) is 5.92 Å². The summed E-state index contributed by atoms with van der Waals surface area (Å²) in [6.45, 7) is 10.7. The summed E-state index contributed by atoms with van der Waals surface area (Å²) in [7, 11) is 0. The van der Waals surface area contributed by atoms with Gasteiger partial charge in [0.15, 0.2) is 0 Å². The number of carbonyl (C=O) groups is 2. The molecule has 3 heterocycles. The second kappa shape index (κ2) is 7.42. The lowest BCUT2D eigenvalue weighted by molar-refractivity contribution is -0.172. The third-order valence-corrected chi connectivity index (χ3v) is 7.12. The zero-order chi connectivity index (χ0) is 20.9. The fourth-order valence-electron chi connectivity index (χ4n) is 5.52. The lowest BCUT2D eigenvalue weighted by Crippen LogP contribution is -2.56. The summed E-state index contributed by atoms with van der Waals surface area (Å²) in [4.78, 5) is 26.3. The molecular weight excluding hydrogens is 366 g/mol. The summed E-state index contributed by atoms with van der Waals surface area (Å²) >= 11 is 0. The minimum atomic E-state index is -1.19. The van der Waals surface area contributed by atoms with Crippen LogP contribution >= 0.6 is 0 Å². The normalized spacial score (nSPS) is 44.6. The maximum atomic E-state index is 13.5. The first kappa shape index (κ1) is 20.4. The average molecular weight is 400 g/mol. The van der Waals surface area contributed by atoms with Gasteiger partial charge in [0.1, 0.15) is 6.10 Å². The number of rotatable bonds is 2. The van der Waals surface area contributed by atoms with E-state index < -0.39 is 11.6 Å². The molecule has 0 aromatic carbocycles. The smallest absolute Gasteiger partial charge is 0.331 e. The summed E-state index contributed by atoms with van der Waals surface area (Å²) in [5.74, 6) is -0.354. The highest BCUT2D eigenvalue weighted by Crippen LogP contribution is 2.51. The van der Waals surface area contributed by atoms with E-state index >= 15 is 0 Å². The second-order valence-electron chi connectivity index (χ2n) is 9.72. The molecule has 2 fully saturated rings. The monoisotopic (exact) mass is 399 g/mol. The zero-order valence-electron chi connectivity index (χ0n) is 18.1. The Morgan fingerprint density at radius 3 is 2.72 bits per heavy atom. The predicted octanol–water partition coefficient (Wildman–Crippen LogP) is 3.71. The first-order chi connectivity index (χ1) is 13.7. The van der Waals surface area contributed by atoms with Crippen LogP contribution in [0.3, 0.4) is 0 Å². The van der Waals surface area contributed by atoms with Crippen LogP contribution in [0, 0.1) is 23.7 Å². The van der Waals surface area contributed by atoms with Crippen molar-refractivity contribution in [2.45, 2.75) is 77.7 Å². The van der Waals surface area contributed by atoms with Crippen molar-refractivity contribution in [3.05, 3.63) is 35.5 Å². The fourth-order valence-corrected chi connectivity index (χ4v) is 5.52. The van der Waals surface area contributed by atoms with E-state index in [1.165, 1.54) is 17.2 Å². The Kier molecular flexibility index (Phi) is 5.22. The van der Waals surface area contributed by atoms with Gasteiger partial charge in [-0.15, -0.1) is 0 Å². The van der Waals surface area contributed by atoms with Gasteiger partial charge in [0, 0.05) is 24.0 Å². The molecule has 5 nitrogen and oxygen atoms in total. The number of amides is 1. The van der Waals surface area contributed by atoms with Crippen LogP contribution in [0.15, 0.2) is 35.5 Å². The first-order valence-corrected chi connectivity index (χ1v) is 11.0. The Hall–Kier alpha value is -1.88. The van der Waals surface area contributed by atoms with E-state index in [1.807, 2.05) is 0 Å². The van der Waals surface area contributed by atoms with Gasteiger partial charge in [-0.1, -0.05) is 44.1 Å². The summed E-state index contributed by atoms with van der Waals surface area (Å²) in [5, 5.41) is 3.21. The summed E-state index contributed by atoms with van der Waals surface area (Å²) in [5.41, 5.74) is 1.28. The highest BCUT2D eigenvalue weighted by atomic mass is 16.6. The molecule has 158 valence electrons. The SMILES string of the molecule is CC1=C[C@H]2/C=C(\C)CC[C@H]3O[C@@H]3/C=C/C(=O)O[C@@]23C(=O)N[C@H](CC(C)C)[C@H]3[C@@H]1C. The number of hydrogen-bond donors (Lipinski definition) is 1. The Bertz CT molecular complexity index is 795. The maximum absolute atomic E-state index is 13.5. The van der Waals surface area contributed by atoms with Gasteiger partial charge in [0.2, 0.25) is 5.60 Å². The Morgan fingerprint density at radius 1 is 1.24 bits per heavy atom. The van der Waals surface area contributed by atoms with Crippen LogP contribution in [0.4, 0.5) is 0 Å². The standard InChI is InChI=1S/C24H33NO4/c1-13(2)10-18-22-16(5)15(4)12-17-11-14(3)6-7-19-20(28-19)8-9-21(26)29-24(17,22)23(27)25-18/h8-9,11-13,16-20,22H,6-7,10H2,1-5H3,(H,25,27)/b9-8+,14-11+/t16-,17-,18-,19-,20-,22-,24+/m1/s1. The molecule has 4 rings (SSSR count). The number of carbonyl (C=O) groups excluding carboxylic acids is 2. The van der Waals surface area contributed by atoms with E-state index in [4.69, 9.17) is 9.47 Å². The van der Waals surface area contributed by atoms with Gasteiger partial charge in [-0.05, 0) is 51.0 Å². The third kappa shape index (κ3) is 3.58. The topological polar surface area (TPSA) is 67.9 Å². The molecule has 0 bridgehead atoms. The molecule has 7 atom stereocenters. The number of epoxide rings is 1. The molecule has 0 saturated carbocycles. The minimum absolute atomic E-state index is 0.00168. The van der Waals surface area contributed by atoms with Gasteiger partial charge in [-0.2, -0.15) is 0 Å². The number of ether oxygens (including phenoxy) is 2. The van der Waals surface area contributed by atoms with Gasteiger partial charge in [0.05, 0.1) is 6.10 Å². The lowest BCUT2D eigenvalue weighted by Gasteiger charge is -2.44. The minimum Gasteiger partial charge on any atom is -0.444 e. The number of nitrogens with one attached hydrogen (secondary N) is 1. The van der Waals surface area contributed by atoms with Crippen LogP contribution < -0.4 is 5.32 Å². The molecule has 1 spiro atoms. The van der Waals surface area contributed by atoms with Crippen molar-refractivity contribution in [2.24, 2.45) is 23.7 Å². The highest BCUT2D eigenvalue weighted by Gasteiger charge is 2.64. The van der Waals surface area contributed by atoms with Crippen molar-refractivity contribution < 1.29 is 19.1 Å². The van der Waals surface area contributed by atoms with Gasteiger partial charge >= 0.3 is 5.97 Å². The van der Waals surface area contributed by atoms with E-state index in [0.717, 1.165) is 19.3 Å². The molecule has 1 N–H and O–H groups in total. The van der Waals surface area contributed by atoms with Crippen molar-refractivity contribution in [3.63, 3.8) is 0 Å². The number of hydrogen-bond acceptors (Lipinski definition) is 4. The van der Waals surface area contributed by atoms with E-state index in [-0.39, 0.29) is 41.9 Å². The predicted molar refractivity (Wildman–Crippen MR) is 111 cm³/mol. The van der Waals surface area contributed by atoms with Crippen molar-refractivity contribution in [3.8, 4) is 0 Å². The van der Waals surface area contributed by atoms with E-state index in [1.54, 1.807) is 6.08 Å². The molecule has 0 radical (unpaired) electrons. The molecule has 1 amide bonds. The van der Waals surface area contributed by atoms with Crippen LogP contribution in [-0.2, 0) is 19.1 Å².